The predicted octanol–water partition coefficient (Wildman–Crippen LogP) is 6.30. The number of rotatable bonds is 11. The second-order valence-corrected chi connectivity index (χ2v) is 20.3. The number of aromatic nitrogens is 1. The Morgan fingerprint density at radius 2 is 1.44 bits per heavy atom. The molecule has 0 aliphatic heterocycles. The van der Waals surface area contributed by atoms with Crippen molar-refractivity contribution in [1.82, 2.24) is 4.98 Å². The third-order valence-corrected chi connectivity index (χ3v) is 20.6. The zero-order chi connectivity index (χ0) is 18.1. The van der Waals surface area contributed by atoms with Gasteiger partial charge < -0.3 is 0 Å². The minimum absolute atomic E-state index is 0.805. The monoisotopic (exact) mass is 449 g/mol. The zero-order valence-electron chi connectivity index (χ0n) is 16.6. The van der Waals surface area contributed by atoms with Crippen LogP contribution in [0.25, 0.3) is 10.8 Å². The van der Waals surface area contributed by atoms with E-state index >= 15 is 0 Å². The second kappa shape index (κ2) is 10.4. The van der Waals surface area contributed by atoms with Crippen LogP contribution in [-0.2, 0) is 0 Å². The zero-order valence-corrected chi connectivity index (χ0v) is 19.5. The summed E-state index contributed by atoms with van der Waals surface area (Å²) in [5.74, 6) is 0.805. The van der Waals surface area contributed by atoms with Crippen molar-refractivity contribution in [2.75, 3.05) is 7.11 Å². The summed E-state index contributed by atoms with van der Waals surface area (Å²) in [5, 5.41) is 2.71. The van der Waals surface area contributed by atoms with E-state index in [0.29, 0.717) is 0 Å². The standard InChI is InChI=1S/C10H8NO.3C4H9.Sn/c1-12-10-6-8-4-2-3-5-9(8)7-11-10;3*1-3-4-2;/h2-6H,1H3;3*1,3-4H2,2H3;. The summed E-state index contributed by atoms with van der Waals surface area (Å²) >= 11 is -2.57. The Labute approximate surface area is 158 Å². The van der Waals surface area contributed by atoms with Crippen molar-refractivity contribution in [1.29, 1.82) is 0 Å². The number of nitrogens with zero attached hydrogens (tertiary/aromatic N) is 1. The number of benzene rings is 1. The summed E-state index contributed by atoms with van der Waals surface area (Å²) in [6.45, 7) is 6.98. The van der Waals surface area contributed by atoms with Gasteiger partial charge in [0.25, 0.3) is 0 Å². The van der Waals surface area contributed by atoms with Crippen LogP contribution in [0.3, 0.4) is 0 Å². The molecular formula is C22H35NOSn. The SMILES string of the molecule is CCC[CH2][Sn]([CH2]CCC)([CH2]CCC)[c]1nc(OC)cc2ccccc12. The molecule has 0 bridgehead atoms. The van der Waals surface area contributed by atoms with E-state index in [9.17, 15) is 0 Å². The van der Waals surface area contributed by atoms with Gasteiger partial charge in [-0.3, -0.25) is 0 Å². The van der Waals surface area contributed by atoms with Crippen LogP contribution < -0.4 is 8.45 Å². The first kappa shape index (κ1) is 20.5. The van der Waals surface area contributed by atoms with Gasteiger partial charge >= 0.3 is 159 Å². The maximum absolute atomic E-state index is 5.59. The Morgan fingerprint density at radius 3 is 1.96 bits per heavy atom. The fraction of sp³-hybridized carbons (Fsp3) is 0.591. The molecule has 0 unspecified atom stereocenters. The molecule has 0 amide bonds. The van der Waals surface area contributed by atoms with Crippen LogP contribution in [0.2, 0.25) is 13.3 Å². The summed E-state index contributed by atoms with van der Waals surface area (Å²) in [5.41, 5.74) is 0. The molecule has 0 saturated heterocycles. The van der Waals surface area contributed by atoms with Gasteiger partial charge in [0.1, 0.15) is 0 Å². The molecule has 1 aromatic carbocycles. The van der Waals surface area contributed by atoms with Crippen molar-refractivity contribution in [2.45, 2.75) is 72.6 Å². The molecule has 0 aliphatic rings. The Morgan fingerprint density at radius 1 is 0.880 bits per heavy atom. The van der Waals surface area contributed by atoms with Crippen molar-refractivity contribution in [2.24, 2.45) is 0 Å². The summed E-state index contributed by atoms with van der Waals surface area (Å²) in [4.78, 5) is 5.12. The Bertz CT molecular complexity index is 634. The molecule has 0 aliphatic carbocycles. The van der Waals surface area contributed by atoms with Gasteiger partial charge in [-0.1, -0.05) is 0 Å². The molecule has 0 atom stereocenters. The third-order valence-electron chi connectivity index (χ3n) is 5.46. The van der Waals surface area contributed by atoms with Gasteiger partial charge in [-0.2, -0.15) is 0 Å². The van der Waals surface area contributed by atoms with Crippen LogP contribution >= 0.6 is 0 Å². The summed E-state index contributed by atoms with van der Waals surface area (Å²) < 4.78 is 11.4. The van der Waals surface area contributed by atoms with Gasteiger partial charge in [0.2, 0.25) is 0 Å². The molecule has 1 heterocycles. The summed E-state index contributed by atoms with van der Waals surface area (Å²) in [6.07, 6.45) is 7.95. The number of hydrogen-bond acceptors (Lipinski definition) is 2. The fourth-order valence-electron chi connectivity index (χ4n) is 3.96. The Kier molecular flexibility index (Phi) is 8.54. The number of unbranched alkanes of at least 4 members (excludes halogenated alkanes) is 3. The number of ether oxygens (including phenoxy) is 1. The molecular weight excluding hydrogens is 413 g/mol. The van der Waals surface area contributed by atoms with E-state index in [1.54, 1.807) is 7.11 Å². The van der Waals surface area contributed by atoms with E-state index in [-0.39, 0.29) is 0 Å². The van der Waals surface area contributed by atoms with Gasteiger partial charge in [-0.05, 0) is 0 Å². The first-order valence-electron chi connectivity index (χ1n) is 10.1. The van der Waals surface area contributed by atoms with Gasteiger partial charge in [-0.25, -0.2) is 0 Å². The molecule has 25 heavy (non-hydrogen) atoms. The number of fused-ring (bicyclic) bond motifs is 1. The van der Waals surface area contributed by atoms with Crippen molar-refractivity contribution in [3.05, 3.63) is 30.3 Å². The minimum atomic E-state index is -2.57. The topological polar surface area (TPSA) is 22.1 Å². The molecule has 0 saturated carbocycles. The van der Waals surface area contributed by atoms with Crippen LogP contribution in [0, 0.1) is 0 Å². The normalized spacial score (nSPS) is 11.8. The van der Waals surface area contributed by atoms with E-state index < -0.39 is 18.4 Å². The average Bonchev–Trinajstić information content (AvgIpc) is 2.67. The molecule has 3 heteroatoms. The quantitative estimate of drug-likeness (QED) is 0.377. The van der Waals surface area contributed by atoms with Crippen LogP contribution in [0.15, 0.2) is 30.3 Å². The molecule has 2 rings (SSSR count). The Hall–Kier alpha value is -0.771. The first-order chi connectivity index (χ1) is 12.2. The Balaban J connectivity index is 2.62. The van der Waals surface area contributed by atoms with Crippen molar-refractivity contribution >= 4 is 32.9 Å². The maximum atomic E-state index is 5.59. The molecule has 0 N–H and O–H groups in total. The summed E-state index contributed by atoms with van der Waals surface area (Å²) in [6, 6.07) is 10.9. The van der Waals surface area contributed by atoms with Gasteiger partial charge in [0, 0.05) is 0 Å². The van der Waals surface area contributed by atoms with Gasteiger partial charge in [0.15, 0.2) is 0 Å². The first-order valence-corrected chi connectivity index (χ1v) is 17.6. The van der Waals surface area contributed by atoms with Crippen LogP contribution in [0.4, 0.5) is 0 Å². The molecule has 0 spiro atoms. The number of methoxy groups -OCH3 is 1. The fourth-order valence-corrected chi connectivity index (χ4v) is 20.2. The van der Waals surface area contributed by atoms with E-state index in [4.69, 9.17) is 9.72 Å². The molecule has 0 radical (unpaired) electrons. The van der Waals surface area contributed by atoms with Crippen molar-refractivity contribution in [3.63, 3.8) is 0 Å². The number of hydrogen-bond donors (Lipinski definition) is 0. The van der Waals surface area contributed by atoms with Crippen LogP contribution in [0.5, 0.6) is 5.88 Å². The van der Waals surface area contributed by atoms with E-state index in [1.165, 1.54) is 66.3 Å². The van der Waals surface area contributed by atoms with Crippen LogP contribution in [0.1, 0.15) is 59.3 Å². The van der Waals surface area contributed by atoms with E-state index in [2.05, 4.69) is 51.1 Å². The molecule has 138 valence electrons. The van der Waals surface area contributed by atoms with E-state index in [1.807, 2.05) is 0 Å². The van der Waals surface area contributed by atoms with E-state index in [0.717, 1.165) is 5.88 Å². The summed E-state index contributed by atoms with van der Waals surface area (Å²) in [7, 11) is 1.75. The molecule has 0 fully saturated rings. The average molecular weight is 448 g/mol. The predicted molar refractivity (Wildman–Crippen MR) is 113 cm³/mol. The van der Waals surface area contributed by atoms with Crippen LogP contribution in [-0.4, -0.2) is 30.5 Å². The second-order valence-electron chi connectivity index (χ2n) is 7.33. The van der Waals surface area contributed by atoms with Gasteiger partial charge in [0.05, 0.1) is 0 Å². The number of pyridine rings is 1. The van der Waals surface area contributed by atoms with Crippen molar-refractivity contribution in [3.8, 4) is 5.88 Å². The molecule has 2 aromatic rings. The molecule has 1 aromatic heterocycles. The van der Waals surface area contributed by atoms with Crippen molar-refractivity contribution < 1.29 is 4.74 Å². The third kappa shape index (κ3) is 5.12. The van der Waals surface area contributed by atoms with Gasteiger partial charge in [-0.15, -0.1) is 0 Å². The molecule has 2 nitrogen and oxygen atoms in total.